The summed E-state index contributed by atoms with van der Waals surface area (Å²) < 4.78 is 1.08. The molecule has 0 aromatic carbocycles. The van der Waals surface area contributed by atoms with Crippen LogP contribution in [0.15, 0.2) is 22.1 Å². The highest BCUT2D eigenvalue weighted by atomic mass is 79.9. The van der Waals surface area contributed by atoms with E-state index in [1.54, 1.807) is 28.9 Å². The van der Waals surface area contributed by atoms with Crippen LogP contribution in [-0.2, 0) is 6.54 Å². The summed E-state index contributed by atoms with van der Waals surface area (Å²) in [6.07, 6.45) is 1.80. The third-order valence-electron chi connectivity index (χ3n) is 1.55. The molecule has 0 saturated carbocycles. The molecule has 2 aromatic rings. The molecule has 0 radical (unpaired) electrons. The van der Waals surface area contributed by atoms with Gasteiger partial charge >= 0.3 is 0 Å². The van der Waals surface area contributed by atoms with Crippen molar-refractivity contribution in [2.75, 3.05) is 5.32 Å². The van der Waals surface area contributed by atoms with Crippen LogP contribution in [0.25, 0.3) is 0 Å². The highest BCUT2D eigenvalue weighted by molar-refractivity contribution is 9.10. The van der Waals surface area contributed by atoms with Crippen LogP contribution in [0.4, 0.5) is 10.1 Å². The first-order valence-corrected chi connectivity index (χ1v) is 6.42. The summed E-state index contributed by atoms with van der Waals surface area (Å²) in [6, 6.07) is 2.02. The van der Waals surface area contributed by atoms with Crippen LogP contribution in [0.2, 0.25) is 0 Å². The van der Waals surface area contributed by atoms with E-state index in [1.165, 1.54) is 0 Å². The van der Waals surface area contributed by atoms with Gasteiger partial charge in [-0.3, -0.25) is 0 Å². The molecule has 0 amide bonds. The molecule has 0 fully saturated rings. The van der Waals surface area contributed by atoms with Gasteiger partial charge in [-0.2, -0.15) is 0 Å². The van der Waals surface area contributed by atoms with Crippen molar-refractivity contribution in [1.29, 1.82) is 0 Å². The summed E-state index contributed by atoms with van der Waals surface area (Å²) in [5, 5.41) is 7.21. The van der Waals surface area contributed by atoms with Crippen molar-refractivity contribution in [3.05, 3.63) is 27.0 Å². The first kappa shape index (κ1) is 10.1. The Labute approximate surface area is 98.1 Å². The maximum Gasteiger partial charge on any atom is 0.188 e. The van der Waals surface area contributed by atoms with E-state index in [2.05, 4.69) is 26.2 Å². The van der Waals surface area contributed by atoms with Gasteiger partial charge in [0, 0.05) is 27.5 Å². The number of halogens is 1. The summed E-state index contributed by atoms with van der Waals surface area (Å²) in [5.41, 5.74) is 5.50. The van der Waals surface area contributed by atoms with E-state index in [1.807, 2.05) is 11.4 Å². The van der Waals surface area contributed by atoms with Gasteiger partial charge in [-0.05, 0) is 22.0 Å². The number of rotatable bonds is 3. The summed E-state index contributed by atoms with van der Waals surface area (Å²) in [6.45, 7) is 0.549. The van der Waals surface area contributed by atoms with E-state index in [9.17, 15) is 0 Å². The van der Waals surface area contributed by atoms with E-state index >= 15 is 0 Å². The number of aromatic nitrogens is 1. The predicted molar refractivity (Wildman–Crippen MR) is 65.3 cm³/mol. The average Bonchev–Trinajstić information content (AvgIpc) is 2.76. The van der Waals surface area contributed by atoms with Crippen molar-refractivity contribution in [2.45, 2.75) is 6.54 Å². The monoisotopic (exact) mass is 289 g/mol. The van der Waals surface area contributed by atoms with E-state index in [0.717, 1.165) is 19.5 Å². The van der Waals surface area contributed by atoms with Gasteiger partial charge in [0.05, 0.1) is 5.00 Å². The Morgan fingerprint density at radius 1 is 1.57 bits per heavy atom. The fraction of sp³-hybridized carbons (Fsp3) is 0.125. The molecule has 0 saturated heterocycles. The van der Waals surface area contributed by atoms with Gasteiger partial charge in [0.15, 0.2) is 5.13 Å². The van der Waals surface area contributed by atoms with E-state index < -0.39 is 0 Å². The van der Waals surface area contributed by atoms with Gasteiger partial charge in [-0.15, -0.1) is 22.7 Å². The fourth-order valence-electron chi connectivity index (χ4n) is 0.944. The number of hydrogen-bond donors (Lipinski definition) is 2. The van der Waals surface area contributed by atoms with Crippen LogP contribution < -0.4 is 11.1 Å². The van der Waals surface area contributed by atoms with E-state index in [4.69, 9.17) is 5.73 Å². The molecule has 3 N–H and O–H groups in total. The Hall–Kier alpha value is -0.430. The van der Waals surface area contributed by atoms with Crippen molar-refractivity contribution in [3.8, 4) is 0 Å². The molecule has 0 atom stereocenters. The summed E-state index contributed by atoms with van der Waals surface area (Å²) >= 11 is 6.62. The lowest BCUT2D eigenvalue weighted by molar-refractivity contribution is 1.10. The molecule has 2 rings (SSSR count). The zero-order valence-corrected chi connectivity index (χ0v) is 10.4. The normalized spacial score (nSPS) is 10.4. The van der Waals surface area contributed by atoms with Crippen LogP contribution in [0.5, 0.6) is 0 Å². The molecule has 3 nitrogen and oxygen atoms in total. The van der Waals surface area contributed by atoms with Gasteiger partial charge in [-0.25, -0.2) is 4.98 Å². The molecule has 14 heavy (non-hydrogen) atoms. The second-order valence-corrected chi connectivity index (χ2v) is 5.53. The summed E-state index contributed by atoms with van der Waals surface area (Å²) in [4.78, 5) is 5.30. The van der Waals surface area contributed by atoms with Gasteiger partial charge in [0.25, 0.3) is 0 Å². The Balaban J connectivity index is 2.10. The highest BCUT2D eigenvalue weighted by Gasteiger charge is 2.02. The predicted octanol–water partition coefficient (Wildman–Crippen LogP) is 3.17. The Bertz CT molecular complexity index is 424. The molecule has 2 aromatic heterocycles. The molecule has 74 valence electrons. The lowest BCUT2D eigenvalue weighted by Crippen LogP contribution is -1.91. The molecular weight excluding hydrogens is 282 g/mol. The van der Waals surface area contributed by atoms with Crippen molar-refractivity contribution < 1.29 is 0 Å². The first-order valence-electron chi connectivity index (χ1n) is 3.94. The maximum atomic E-state index is 5.50. The van der Waals surface area contributed by atoms with Crippen LogP contribution in [-0.4, -0.2) is 4.98 Å². The van der Waals surface area contributed by atoms with Crippen molar-refractivity contribution in [3.63, 3.8) is 0 Å². The van der Waals surface area contributed by atoms with Crippen LogP contribution in [0.3, 0.4) is 0 Å². The minimum absolute atomic E-state index is 0.549. The minimum Gasteiger partial charge on any atom is -0.326 e. The van der Waals surface area contributed by atoms with E-state index in [0.29, 0.717) is 6.54 Å². The van der Waals surface area contributed by atoms with Crippen LogP contribution in [0, 0.1) is 0 Å². The Kier molecular flexibility index (Phi) is 3.17. The molecule has 0 aliphatic heterocycles. The smallest absolute Gasteiger partial charge is 0.188 e. The van der Waals surface area contributed by atoms with Crippen molar-refractivity contribution in [1.82, 2.24) is 4.98 Å². The molecule has 6 heteroatoms. The molecule has 0 aliphatic carbocycles. The molecule has 0 bridgehead atoms. The summed E-state index contributed by atoms with van der Waals surface area (Å²) in [7, 11) is 0. The van der Waals surface area contributed by atoms with Crippen LogP contribution in [0.1, 0.15) is 4.88 Å². The Morgan fingerprint density at radius 2 is 2.43 bits per heavy atom. The number of hydrogen-bond acceptors (Lipinski definition) is 5. The van der Waals surface area contributed by atoms with Gasteiger partial charge < -0.3 is 11.1 Å². The third kappa shape index (κ3) is 2.33. The number of anilines is 2. The minimum atomic E-state index is 0.549. The molecule has 0 aliphatic rings. The summed E-state index contributed by atoms with van der Waals surface area (Å²) in [5.74, 6) is 0. The number of thiophene rings is 1. The number of nitrogens with zero attached hydrogens (tertiary/aromatic N) is 1. The number of thiazole rings is 1. The topological polar surface area (TPSA) is 50.9 Å². The number of nitrogens with one attached hydrogen (secondary N) is 1. The lowest BCUT2D eigenvalue weighted by Gasteiger charge is -1.95. The fourth-order valence-corrected chi connectivity index (χ4v) is 3.03. The second-order valence-electron chi connectivity index (χ2n) is 2.59. The van der Waals surface area contributed by atoms with Crippen molar-refractivity contribution in [2.24, 2.45) is 5.73 Å². The second kappa shape index (κ2) is 4.39. The quantitative estimate of drug-likeness (QED) is 0.913. The molecule has 0 unspecified atom stereocenters. The SMILES string of the molecule is NCc1cnc(Nc2cc(Br)cs2)s1. The Morgan fingerprint density at radius 3 is 3.00 bits per heavy atom. The van der Waals surface area contributed by atoms with Gasteiger partial charge in [0.1, 0.15) is 0 Å². The zero-order valence-electron chi connectivity index (χ0n) is 7.16. The standard InChI is InChI=1S/C8H8BrN3S2/c9-5-1-7(13-4-5)12-8-11-3-6(2-10)14-8/h1,3-4H,2,10H2,(H,11,12). The number of nitrogens with two attached hydrogens (primary N) is 1. The largest absolute Gasteiger partial charge is 0.326 e. The highest BCUT2D eigenvalue weighted by Crippen LogP contribution is 2.29. The molecule has 2 heterocycles. The zero-order chi connectivity index (χ0) is 9.97. The first-order chi connectivity index (χ1) is 6.78. The maximum absolute atomic E-state index is 5.50. The average molecular weight is 290 g/mol. The molecule has 0 spiro atoms. The van der Waals surface area contributed by atoms with Crippen molar-refractivity contribution >= 4 is 48.7 Å². The third-order valence-corrected chi connectivity index (χ3v) is 4.09. The van der Waals surface area contributed by atoms with Gasteiger partial charge in [0.2, 0.25) is 0 Å². The van der Waals surface area contributed by atoms with E-state index in [-0.39, 0.29) is 0 Å². The lowest BCUT2D eigenvalue weighted by atomic mass is 10.6. The molecular formula is C8H8BrN3S2. The van der Waals surface area contributed by atoms with Crippen LogP contribution >= 0.6 is 38.6 Å². The van der Waals surface area contributed by atoms with Gasteiger partial charge in [-0.1, -0.05) is 0 Å².